The van der Waals surface area contributed by atoms with E-state index in [9.17, 15) is 9.59 Å². The lowest BCUT2D eigenvalue weighted by Crippen LogP contribution is -2.24. The molecule has 0 aliphatic carbocycles. The van der Waals surface area contributed by atoms with Gasteiger partial charge in [-0.1, -0.05) is 48.0 Å². The van der Waals surface area contributed by atoms with E-state index in [-0.39, 0.29) is 18.3 Å². The van der Waals surface area contributed by atoms with Crippen LogP contribution in [0, 0.1) is 13.8 Å². The molecule has 172 valence electrons. The summed E-state index contributed by atoms with van der Waals surface area (Å²) >= 11 is 7.83. The molecule has 5 nitrogen and oxygen atoms in total. The number of benzene rings is 3. The number of thiazole rings is 1. The molecule has 0 N–H and O–H groups in total. The number of aromatic nitrogens is 1. The molecular weight excluding hydrogens is 468 g/mol. The zero-order chi connectivity index (χ0) is 24.2. The van der Waals surface area contributed by atoms with Crippen molar-refractivity contribution in [2.75, 3.05) is 4.90 Å². The third kappa shape index (κ3) is 5.19. The Hall–Kier alpha value is -3.48. The van der Waals surface area contributed by atoms with Crippen LogP contribution >= 0.6 is 22.9 Å². The van der Waals surface area contributed by atoms with E-state index >= 15 is 0 Å². The van der Waals surface area contributed by atoms with Crippen molar-refractivity contribution >= 4 is 45.4 Å². The molecule has 0 radical (unpaired) electrons. The number of ether oxygens (including phenoxy) is 1. The summed E-state index contributed by atoms with van der Waals surface area (Å²) in [5.41, 5.74) is 4.50. The molecule has 0 fully saturated rings. The van der Waals surface area contributed by atoms with E-state index in [0.717, 1.165) is 11.1 Å². The second kappa shape index (κ2) is 10.2. The number of halogens is 1. The Labute approximate surface area is 207 Å². The highest BCUT2D eigenvalue weighted by molar-refractivity contribution is 7.14. The van der Waals surface area contributed by atoms with Crippen molar-refractivity contribution in [3.8, 4) is 5.75 Å². The Balaban J connectivity index is 1.47. The van der Waals surface area contributed by atoms with Crippen LogP contribution in [0.1, 0.15) is 39.7 Å². The van der Waals surface area contributed by atoms with Gasteiger partial charge in [-0.3, -0.25) is 14.5 Å². The van der Waals surface area contributed by atoms with Crippen molar-refractivity contribution in [3.05, 3.63) is 105 Å². The number of carbonyl (C=O) groups is 2. The largest absolute Gasteiger partial charge is 0.487 e. The van der Waals surface area contributed by atoms with Crippen molar-refractivity contribution in [2.24, 2.45) is 0 Å². The average molecular weight is 491 g/mol. The lowest BCUT2D eigenvalue weighted by atomic mass is 10.0. The maximum absolute atomic E-state index is 12.6. The van der Waals surface area contributed by atoms with E-state index < -0.39 is 0 Å². The Kier molecular flexibility index (Phi) is 7.10. The maximum Gasteiger partial charge on any atom is 0.230 e. The first-order valence-corrected chi connectivity index (χ1v) is 11.9. The van der Waals surface area contributed by atoms with Gasteiger partial charge in [0, 0.05) is 23.4 Å². The normalized spacial score (nSPS) is 10.7. The molecule has 4 rings (SSSR count). The van der Waals surface area contributed by atoms with E-state index in [1.807, 2.05) is 49.6 Å². The van der Waals surface area contributed by atoms with Crippen LogP contribution in [0.2, 0.25) is 5.02 Å². The number of aryl methyl sites for hydroxylation is 2. The Bertz CT molecular complexity index is 1310. The van der Waals surface area contributed by atoms with Crippen LogP contribution in [-0.4, -0.2) is 16.7 Å². The van der Waals surface area contributed by atoms with Crippen LogP contribution in [0.4, 0.5) is 10.8 Å². The fraction of sp³-hybridized carbons (Fsp3) is 0.148. The molecule has 1 amide bonds. The van der Waals surface area contributed by atoms with Crippen molar-refractivity contribution in [3.63, 3.8) is 0 Å². The number of nitrogens with zero attached hydrogens (tertiary/aromatic N) is 2. The topological polar surface area (TPSA) is 59.5 Å². The van der Waals surface area contributed by atoms with E-state index in [1.54, 1.807) is 36.4 Å². The van der Waals surface area contributed by atoms with Crippen LogP contribution in [0.5, 0.6) is 5.75 Å². The van der Waals surface area contributed by atoms with Crippen LogP contribution < -0.4 is 9.64 Å². The number of hydrogen-bond donors (Lipinski definition) is 0. The van der Waals surface area contributed by atoms with E-state index in [4.69, 9.17) is 16.3 Å². The number of hydrogen-bond acceptors (Lipinski definition) is 5. The van der Waals surface area contributed by atoms with E-state index in [1.165, 1.54) is 23.2 Å². The average Bonchev–Trinajstić information content (AvgIpc) is 3.28. The standard InChI is InChI=1S/C27H23ClN2O3S/c1-17-13-18(2)25(24(28)14-17)30(19(3)31)27-29-22(16-34-27)15-33-23-11-9-21(10-12-23)26(32)20-7-5-4-6-8-20/h4-14,16H,15H2,1-3H3. The lowest BCUT2D eigenvalue weighted by molar-refractivity contribution is -0.115. The van der Waals surface area contributed by atoms with E-state index in [2.05, 4.69) is 4.98 Å². The van der Waals surface area contributed by atoms with Gasteiger partial charge in [0.2, 0.25) is 5.91 Å². The number of anilines is 2. The van der Waals surface area contributed by atoms with Crippen molar-refractivity contribution in [1.29, 1.82) is 0 Å². The Morgan fingerprint density at radius 3 is 2.32 bits per heavy atom. The molecule has 0 bridgehead atoms. The predicted molar refractivity (Wildman–Crippen MR) is 137 cm³/mol. The summed E-state index contributed by atoms with van der Waals surface area (Å²) in [6.45, 7) is 5.61. The smallest absolute Gasteiger partial charge is 0.230 e. The van der Waals surface area contributed by atoms with Gasteiger partial charge in [-0.2, -0.15) is 0 Å². The van der Waals surface area contributed by atoms with Gasteiger partial charge in [-0.05, 0) is 55.3 Å². The minimum Gasteiger partial charge on any atom is -0.487 e. The molecule has 0 saturated carbocycles. The molecule has 0 aliphatic heterocycles. The van der Waals surface area contributed by atoms with E-state index in [0.29, 0.717) is 38.4 Å². The second-order valence-corrected chi connectivity index (χ2v) is 9.14. The highest BCUT2D eigenvalue weighted by Gasteiger charge is 2.22. The summed E-state index contributed by atoms with van der Waals surface area (Å²) in [4.78, 5) is 31.2. The quantitative estimate of drug-likeness (QED) is 0.264. The number of amides is 1. The Morgan fingerprint density at radius 2 is 1.68 bits per heavy atom. The number of rotatable bonds is 7. The maximum atomic E-state index is 12.6. The van der Waals surface area contributed by atoms with Crippen molar-refractivity contribution < 1.29 is 14.3 Å². The fourth-order valence-electron chi connectivity index (χ4n) is 3.66. The van der Waals surface area contributed by atoms with Crippen molar-refractivity contribution in [2.45, 2.75) is 27.4 Å². The second-order valence-electron chi connectivity index (χ2n) is 7.90. The molecule has 0 aliphatic rings. The molecule has 1 aromatic heterocycles. The fourth-order valence-corrected chi connectivity index (χ4v) is 4.92. The molecule has 34 heavy (non-hydrogen) atoms. The summed E-state index contributed by atoms with van der Waals surface area (Å²) in [5, 5.41) is 2.89. The van der Waals surface area contributed by atoms with Gasteiger partial charge >= 0.3 is 0 Å². The van der Waals surface area contributed by atoms with Gasteiger partial charge in [0.25, 0.3) is 0 Å². The molecule has 0 unspecified atom stereocenters. The highest BCUT2D eigenvalue weighted by Crippen LogP contribution is 2.37. The first-order chi connectivity index (χ1) is 16.3. The van der Waals surface area contributed by atoms with Crippen LogP contribution in [0.15, 0.2) is 72.1 Å². The van der Waals surface area contributed by atoms with Gasteiger partial charge < -0.3 is 4.74 Å². The van der Waals surface area contributed by atoms with Crippen LogP contribution in [-0.2, 0) is 11.4 Å². The summed E-state index contributed by atoms with van der Waals surface area (Å²) in [6, 6.07) is 20.0. The monoisotopic (exact) mass is 490 g/mol. The third-order valence-corrected chi connectivity index (χ3v) is 6.37. The molecule has 0 spiro atoms. The third-order valence-electron chi connectivity index (χ3n) is 5.21. The molecule has 0 atom stereocenters. The van der Waals surface area contributed by atoms with Crippen molar-refractivity contribution in [1.82, 2.24) is 4.98 Å². The van der Waals surface area contributed by atoms with Crippen LogP contribution in [0.3, 0.4) is 0 Å². The van der Waals surface area contributed by atoms with Gasteiger partial charge in [-0.25, -0.2) is 4.98 Å². The Morgan fingerprint density at radius 1 is 1.00 bits per heavy atom. The zero-order valence-electron chi connectivity index (χ0n) is 19.0. The zero-order valence-corrected chi connectivity index (χ0v) is 20.6. The lowest BCUT2D eigenvalue weighted by Gasteiger charge is -2.22. The molecular formula is C27H23ClN2O3S. The highest BCUT2D eigenvalue weighted by atomic mass is 35.5. The number of carbonyl (C=O) groups excluding carboxylic acids is 2. The molecule has 4 aromatic rings. The molecule has 0 saturated heterocycles. The van der Waals surface area contributed by atoms with Gasteiger partial charge in [0.05, 0.1) is 16.4 Å². The molecule has 3 aromatic carbocycles. The minimum atomic E-state index is -0.172. The minimum absolute atomic E-state index is 0.0364. The predicted octanol–water partition coefficient (Wildman–Crippen LogP) is 6.91. The molecule has 7 heteroatoms. The van der Waals surface area contributed by atoms with Gasteiger partial charge in [0.1, 0.15) is 12.4 Å². The van der Waals surface area contributed by atoms with Gasteiger partial charge in [0.15, 0.2) is 10.9 Å². The summed E-state index contributed by atoms with van der Waals surface area (Å²) in [6.07, 6.45) is 0. The summed E-state index contributed by atoms with van der Waals surface area (Å²) < 4.78 is 5.86. The van der Waals surface area contributed by atoms with Crippen LogP contribution in [0.25, 0.3) is 0 Å². The van der Waals surface area contributed by atoms with Gasteiger partial charge in [-0.15, -0.1) is 11.3 Å². The number of ketones is 1. The summed E-state index contributed by atoms with van der Waals surface area (Å²) in [7, 11) is 0. The summed E-state index contributed by atoms with van der Waals surface area (Å²) in [5.74, 6) is 0.417. The first kappa shape index (κ1) is 23.7. The first-order valence-electron chi connectivity index (χ1n) is 10.7. The molecule has 1 heterocycles. The SMILES string of the molecule is CC(=O)N(c1nc(COc2ccc(C(=O)c3ccccc3)cc2)cs1)c1c(C)cc(C)cc1Cl.